The van der Waals surface area contributed by atoms with Gasteiger partial charge in [0.25, 0.3) is 0 Å². The van der Waals surface area contributed by atoms with E-state index in [-0.39, 0.29) is 19.9 Å². The predicted octanol–water partition coefficient (Wildman–Crippen LogP) is 1.40. The summed E-state index contributed by atoms with van der Waals surface area (Å²) in [4.78, 5) is 12.9. The van der Waals surface area contributed by atoms with Crippen LogP contribution in [0.4, 0.5) is 5.82 Å². The molecule has 25 heavy (non-hydrogen) atoms. The van der Waals surface area contributed by atoms with Gasteiger partial charge in [0.15, 0.2) is 0 Å². The third-order valence-electron chi connectivity index (χ3n) is 4.11. The van der Waals surface area contributed by atoms with Crippen molar-refractivity contribution in [1.82, 2.24) is 19.5 Å². The van der Waals surface area contributed by atoms with E-state index in [0.717, 1.165) is 5.56 Å². The normalized spacial score (nSPS) is 23.2. The van der Waals surface area contributed by atoms with Gasteiger partial charge in [-0.3, -0.25) is 0 Å². The van der Waals surface area contributed by atoms with Crippen molar-refractivity contribution < 1.29 is 10.2 Å². The summed E-state index contributed by atoms with van der Waals surface area (Å²) >= 11 is 2.39. The standard InChI is InChI=1S/C16H16IN5O2Se/c17-10-3-1-2-9(4-10)5-18-14-12-15(20-7-19-14)22(8-21-12)16-13(24)11(23)6-25-16/h1-4,7-8,11,13,16,23-24H,5-6H2,(H,18,19,20)/t11-,13-,16-/m1/s1. The molecule has 0 saturated carbocycles. The molecule has 0 amide bonds. The Morgan fingerprint density at radius 3 is 2.92 bits per heavy atom. The first-order valence-electron chi connectivity index (χ1n) is 7.77. The van der Waals surface area contributed by atoms with Crippen LogP contribution in [-0.4, -0.2) is 56.9 Å². The average Bonchev–Trinajstić information content (AvgIpc) is 3.17. The molecule has 0 radical (unpaired) electrons. The molecule has 4 rings (SSSR count). The Morgan fingerprint density at radius 2 is 2.16 bits per heavy atom. The number of aromatic nitrogens is 4. The number of nitrogens with one attached hydrogen (secondary N) is 1. The van der Waals surface area contributed by atoms with E-state index in [1.54, 1.807) is 6.33 Å². The van der Waals surface area contributed by atoms with E-state index in [4.69, 9.17) is 0 Å². The number of halogens is 1. The molecular weight excluding hydrogens is 500 g/mol. The molecular formula is C16H16IN5O2Se. The Hall–Kier alpha value is -1.26. The van der Waals surface area contributed by atoms with Crippen molar-refractivity contribution in [3.8, 4) is 0 Å². The number of fused-ring (bicyclic) bond motifs is 1. The molecule has 0 spiro atoms. The van der Waals surface area contributed by atoms with Crippen LogP contribution in [0.1, 0.15) is 10.5 Å². The van der Waals surface area contributed by atoms with Crippen molar-refractivity contribution >= 4 is 54.5 Å². The van der Waals surface area contributed by atoms with Gasteiger partial charge in [-0.1, -0.05) is 0 Å². The number of aliphatic hydroxyl groups is 2. The van der Waals surface area contributed by atoms with Crippen LogP contribution < -0.4 is 5.32 Å². The van der Waals surface area contributed by atoms with Gasteiger partial charge in [-0.2, -0.15) is 0 Å². The quantitative estimate of drug-likeness (QED) is 0.359. The van der Waals surface area contributed by atoms with Gasteiger partial charge in [0.1, 0.15) is 0 Å². The summed E-state index contributed by atoms with van der Waals surface area (Å²) in [6.07, 6.45) is 1.75. The van der Waals surface area contributed by atoms with Gasteiger partial charge < -0.3 is 0 Å². The summed E-state index contributed by atoms with van der Waals surface area (Å²) in [5, 5.41) is 24.0. The third-order valence-corrected chi connectivity index (χ3v) is 7.68. The van der Waals surface area contributed by atoms with Crippen LogP contribution in [0.5, 0.6) is 0 Å². The minimum atomic E-state index is -0.768. The average molecular weight is 516 g/mol. The summed E-state index contributed by atoms with van der Waals surface area (Å²) < 4.78 is 3.05. The first-order valence-corrected chi connectivity index (χ1v) is 11.0. The van der Waals surface area contributed by atoms with E-state index in [1.165, 1.54) is 9.90 Å². The second kappa shape index (κ2) is 7.16. The van der Waals surface area contributed by atoms with E-state index in [1.807, 2.05) is 10.6 Å². The van der Waals surface area contributed by atoms with Crippen LogP contribution in [0.25, 0.3) is 11.2 Å². The topological polar surface area (TPSA) is 96.1 Å². The van der Waals surface area contributed by atoms with Gasteiger partial charge in [0.2, 0.25) is 0 Å². The van der Waals surface area contributed by atoms with Crippen molar-refractivity contribution in [3.63, 3.8) is 0 Å². The van der Waals surface area contributed by atoms with Crippen molar-refractivity contribution in [2.75, 3.05) is 5.32 Å². The number of imidazole rings is 1. The van der Waals surface area contributed by atoms with Crippen LogP contribution in [0.3, 0.4) is 0 Å². The number of nitrogens with zero attached hydrogens (tertiary/aromatic N) is 4. The molecule has 3 heterocycles. The van der Waals surface area contributed by atoms with E-state index < -0.39 is 12.2 Å². The molecule has 1 fully saturated rings. The maximum atomic E-state index is 10.2. The first kappa shape index (κ1) is 17.2. The van der Waals surface area contributed by atoms with Crippen LogP contribution in [0.2, 0.25) is 5.32 Å². The summed E-state index contributed by atoms with van der Waals surface area (Å²) in [7, 11) is 0. The van der Waals surface area contributed by atoms with E-state index in [9.17, 15) is 10.2 Å². The predicted molar refractivity (Wildman–Crippen MR) is 103 cm³/mol. The van der Waals surface area contributed by atoms with Gasteiger partial charge in [-0.15, -0.1) is 0 Å². The maximum absolute atomic E-state index is 10.2. The molecule has 7 nitrogen and oxygen atoms in total. The Balaban J connectivity index is 1.61. The molecule has 1 aromatic carbocycles. The third kappa shape index (κ3) is 3.39. The van der Waals surface area contributed by atoms with Crippen LogP contribution in [0.15, 0.2) is 36.9 Å². The second-order valence-electron chi connectivity index (χ2n) is 5.81. The van der Waals surface area contributed by atoms with Gasteiger partial charge in [0, 0.05) is 0 Å². The van der Waals surface area contributed by atoms with Crippen molar-refractivity contribution in [3.05, 3.63) is 46.1 Å². The van der Waals surface area contributed by atoms with Gasteiger partial charge in [-0.25, -0.2) is 0 Å². The number of benzene rings is 1. The fourth-order valence-electron chi connectivity index (χ4n) is 2.83. The van der Waals surface area contributed by atoms with Gasteiger partial charge >= 0.3 is 165 Å². The monoisotopic (exact) mass is 517 g/mol. The molecule has 0 bridgehead atoms. The Morgan fingerprint density at radius 1 is 1.28 bits per heavy atom. The van der Waals surface area contributed by atoms with Gasteiger partial charge in [-0.05, 0) is 0 Å². The number of rotatable bonds is 4. The minimum absolute atomic E-state index is 0.103. The molecule has 2 aromatic heterocycles. The van der Waals surface area contributed by atoms with Crippen LogP contribution >= 0.6 is 22.6 Å². The fourth-order valence-corrected chi connectivity index (χ4v) is 6.13. The Kier molecular flexibility index (Phi) is 4.92. The molecule has 3 atom stereocenters. The first-order chi connectivity index (χ1) is 12.1. The second-order valence-corrected chi connectivity index (χ2v) is 9.47. The van der Waals surface area contributed by atoms with Crippen LogP contribution in [-0.2, 0) is 6.54 Å². The number of anilines is 1. The molecule has 1 aliphatic heterocycles. The van der Waals surface area contributed by atoms with Crippen molar-refractivity contribution in [1.29, 1.82) is 0 Å². The SMILES string of the molecule is O[C@@H]1[C@H](O)C[Se][C@H]1n1cnc2c(NCc3cccc(I)c3)ncnc21. The molecule has 1 saturated heterocycles. The molecule has 0 unspecified atom stereocenters. The summed E-state index contributed by atoms with van der Waals surface area (Å²) in [5.41, 5.74) is 2.52. The summed E-state index contributed by atoms with van der Waals surface area (Å²) in [6, 6.07) is 8.25. The summed E-state index contributed by atoms with van der Waals surface area (Å²) in [6.45, 7) is 0.643. The number of aliphatic hydroxyl groups excluding tert-OH is 2. The zero-order valence-corrected chi connectivity index (χ0v) is 17.0. The number of hydrogen-bond donors (Lipinski definition) is 3. The van der Waals surface area contributed by atoms with E-state index >= 15 is 0 Å². The van der Waals surface area contributed by atoms with E-state index in [0.29, 0.717) is 28.8 Å². The zero-order valence-electron chi connectivity index (χ0n) is 13.1. The fraction of sp³-hybridized carbons (Fsp3) is 0.312. The van der Waals surface area contributed by atoms with E-state index in [2.05, 4.69) is 61.1 Å². The molecule has 9 heteroatoms. The Bertz CT molecular complexity index is 905. The molecule has 0 aliphatic carbocycles. The summed E-state index contributed by atoms with van der Waals surface area (Å²) in [5.74, 6) is 0.670. The van der Waals surface area contributed by atoms with Crippen LogP contribution in [0, 0.1) is 3.57 Å². The van der Waals surface area contributed by atoms with Gasteiger partial charge in [0.05, 0.1) is 0 Å². The molecule has 1 aliphatic rings. The molecule has 3 N–H and O–H groups in total. The Labute approximate surface area is 164 Å². The molecule has 130 valence electrons. The number of hydrogen-bond acceptors (Lipinski definition) is 6. The molecule has 3 aromatic rings. The zero-order chi connectivity index (χ0) is 17.4. The van der Waals surface area contributed by atoms with Crippen molar-refractivity contribution in [2.24, 2.45) is 0 Å². The van der Waals surface area contributed by atoms with Crippen molar-refractivity contribution in [2.45, 2.75) is 29.0 Å².